The lowest BCUT2D eigenvalue weighted by molar-refractivity contribution is 0.235. The van der Waals surface area contributed by atoms with Crippen molar-refractivity contribution in [3.05, 3.63) is 23.9 Å². The molecule has 1 aliphatic rings. The molecule has 0 saturated heterocycles. The van der Waals surface area contributed by atoms with Crippen molar-refractivity contribution in [2.75, 3.05) is 0 Å². The molecule has 0 aliphatic carbocycles. The molecule has 0 fully saturated rings. The first-order valence-electron chi connectivity index (χ1n) is 3.46. The number of hydrogen-bond donors (Lipinski definition) is 1. The summed E-state index contributed by atoms with van der Waals surface area (Å²) in [4.78, 5) is 14.9. The molecule has 1 aromatic heterocycles. The summed E-state index contributed by atoms with van der Waals surface area (Å²) in [5.41, 5.74) is 6.17. The molecular weight excluding hydrogens is 174 g/mol. The van der Waals surface area contributed by atoms with Gasteiger partial charge in [0.15, 0.2) is 0 Å². The number of rotatable bonds is 0. The molecule has 2 N–H and O–H groups in total. The van der Waals surface area contributed by atoms with Crippen molar-refractivity contribution in [2.45, 2.75) is 11.6 Å². The molecule has 0 bridgehead atoms. The second-order valence-corrected chi connectivity index (χ2v) is 3.44. The molecule has 12 heavy (non-hydrogen) atoms. The minimum Gasteiger partial charge on any atom is -0.351 e. The molecule has 0 saturated carbocycles. The average Bonchev–Trinajstić information content (AvgIpc) is 2.46. The van der Waals surface area contributed by atoms with Crippen LogP contribution in [0.3, 0.4) is 0 Å². The van der Waals surface area contributed by atoms with Gasteiger partial charge >= 0.3 is 6.03 Å². The summed E-state index contributed by atoms with van der Waals surface area (Å²) < 4.78 is 1.48. The molecule has 0 aromatic carbocycles. The van der Waals surface area contributed by atoms with Gasteiger partial charge in [-0.1, -0.05) is 6.07 Å². The standard InChI is InChI=1S/C7H7N3OS/c8-7(11)10-4-5-2-1-3-9-6(5)12-10/h1-3H,4H2,(H2,8,11). The summed E-state index contributed by atoms with van der Waals surface area (Å²) in [5.74, 6) is 0. The summed E-state index contributed by atoms with van der Waals surface area (Å²) in [6.07, 6.45) is 1.70. The second-order valence-electron chi connectivity index (χ2n) is 2.43. The Morgan fingerprint density at radius 1 is 1.75 bits per heavy atom. The SMILES string of the molecule is NC(=O)N1Cc2cccnc2S1. The van der Waals surface area contributed by atoms with Crippen molar-refractivity contribution in [3.63, 3.8) is 0 Å². The monoisotopic (exact) mass is 181 g/mol. The number of carbonyl (C=O) groups excluding carboxylic acids is 1. The summed E-state index contributed by atoms with van der Waals surface area (Å²) in [6, 6.07) is 3.38. The summed E-state index contributed by atoms with van der Waals surface area (Å²) >= 11 is 1.29. The van der Waals surface area contributed by atoms with Crippen LogP contribution < -0.4 is 5.73 Å². The van der Waals surface area contributed by atoms with Crippen LogP contribution in [0.2, 0.25) is 0 Å². The highest BCUT2D eigenvalue weighted by atomic mass is 32.2. The van der Waals surface area contributed by atoms with E-state index in [-0.39, 0.29) is 0 Å². The third-order valence-electron chi connectivity index (χ3n) is 1.61. The third kappa shape index (κ3) is 1.12. The van der Waals surface area contributed by atoms with Crippen LogP contribution in [-0.4, -0.2) is 15.3 Å². The largest absolute Gasteiger partial charge is 0.351 e. The zero-order chi connectivity index (χ0) is 8.55. The van der Waals surface area contributed by atoms with Crippen LogP contribution in [0.1, 0.15) is 5.56 Å². The first-order chi connectivity index (χ1) is 5.77. The Balaban J connectivity index is 2.27. The lowest BCUT2D eigenvalue weighted by Gasteiger charge is -2.07. The fourth-order valence-corrected chi connectivity index (χ4v) is 1.90. The number of fused-ring (bicyclic) bond motifs is 1. The van der Waals surface area contributed by atoms with Crippen LogP contribution in [0.5, 0.6) is 0 Å². The maximum atomic E-state index is 10.8. The Morgan fingerprint density at radius 2 is 2.58 bits per heavy atom. The summed E-state index contributed by atoms with van der Waals surface area (Å²) in [7, 11) is 0. The number of hydrogen-bond acceptors (Lipinski definition) is 3. The zero-order valence-corrected chi connectivity index (χ0v) is 7.04. The molecule has 2 heterocycles. The van der Waals surface area contributed by atoms with E-state index in [0.717, 1.165) is 10.6 Å². The molecule has 2 rings (SSSR count). The fourth-order valence-electron chi connectivity index (χ4n) is 1.04. The maximum absolute atomic E-state index is 10.8. The zero-order valence-electron chi connectivity index (χ0n) is 6.23. The van der Waals surface area contributed by atoms with E-state index in [4.69, 9.17) is 5.73 Å². The predicted molar refractivity (Wildman–Crippen MR) is 45.2 cm³/mol. The Labute approximate surface area is 73.9 Å². The van der Waals surface area contributed by atoms with E-state index in [1.54, 1.807) is 6.20 Å². The van der Waals surface area contributed by atoms with Gasteiger partial charge in [-0.3, -0.25) is 4.31 Å². The number of urea groups is 1. The van der Waals surface area contributed by atoms with Crippen molar-refractivity contribution in [1.82, 2.24) is 9.29 Å². The van der Waals surface area contributed by atoms with Gasteiger partial charge in [0, 0.05) is 23.7 Å². The highest BCUT2D eigenvalue weighted by molar-refractivity contribution is 7.97. The minimum absolute atomic E-state index is 0.419. The number of pyridine rings is 1. The van der Waals surface area contributed by atoms with E-state index in [9.17, 15) is 4.79 Å². The Kier molecular flexibility index (Phi) is 1.65. The number of nitrogens with two attached hydrogens (primary N) is 1. The van der Waals surface area contributed by atoms with E-state index >= 15 is 0 Å². The van der Waals surface area contributed by atoms with Gasteiger partial charge in [-0.2, -0.15) is 0 Å². The summed E-state index contributed by atoms with van der Waals surface area (Å²) in [6.45, 7) is 0.559. The normalized spacial score (nSPS) is 14.5. The lowest BCUT2D eigenvalue weighted by atomic mass is 10.3. The third-order valence-corrected chi connectivity index (χ3v) is 2.68. The van der Waals surface area contributed by atoms with E-state index < -0.39 is 6.03 Å². The molecule has 1 aromatic rings. The molecule has 0 unspecified atom stereocenters. The van der Waals surface area contributed by atoms with Crippen LogP contribution in [0.4, 0.5) is 4.79 Å². The first-order valence-corrected chi connectivity index (χ1v) is 4.23. The van der Waals surface area contributed by atoms with Gasteiger partial charge in [-0.25, -0.2) is 9.78 Å². The van der Waals surface area contributed by atoms with Crippen molar-refractivity contribution in [2.24, 2.45) is 5.73 Å². The van der Waals surface area contributed by atoms with Crippen molar-refractivity contribution >= 4 is 18.0 Å². The van der Waals surface area contributed by atoms with Crippen molar-refractivity contribution in [1.29, 1.82) is 0 Å². The molecular formula is C7H7N3OS. The van der Waals surface area contributed by atoms with Crippen LogP contribution in [-0.2, 0) is 6.54 Å². The van der Waals surface area contributed by atoms with Gasteiger partial charge in [0.1, 0.15) is 5.03 Å². The molecule has 5 heteroatoms. The van der Waals surface area contributed by atoms with Gasteiger partial charge in [0.25, 0.3) is 0 Å². The number of primary amides is 1. The van der Waals surface area contributed by atoms with Gasteiger partial charge in [-0.15, -0.1) is 0 Å². The predicted octanol–water partition coefficient (Wildman–Crippen LogP) is 0.983. The Hall–Kier alpha value is -1.23. The number of amides is 2. The minimum atomic E-state index is -0.419. The van der Waals surface area contributed by atoms with Gasteiger partial charge < -0.3 is 5.73 Å². The molecule has 62 valence electrons. The molecule has 0 spiro atoms. The van der Waals surface area contributed by atoms with E-state index in [1.807, 2.05) is 12.1 Å². The van der Waals surface area contributed by atoms with Crippen molar-refractivity contribution in [3.8, 4) is 0 Å². The quantitative estimate of drug-likeness (QED) is 0.607. The van der Waals surface area contributed by atoms with Crippen LogP contribution >= 0.6 is 11.9 Å². The molecule has 1 aliphatic heterocycles. The van der Waals surface area contributed by atoms with Crippen LogP contribution in [0, 0.1) is 0 Å². The van der Waals surface area contributed by atoms with Gasteiger partial charge in [0.2, 0.25) is 0 Å². The summed E-state index contributed by atoms with van der Waals surface area (Å²) in [5, 5.41) is 0.872. The number of carbonyl (C=O) groups is 1. The van der Waals surface area contributed by atoms with Crippen LogP contribution in [0.15, 0.2) is 23.4 Å². The van der Waals surface area contributed by atoms with Gasteiger partial charge in [-0.05, 0) is 6.07 Å². The maximum Gasteiger partial charge on any atom is 0.325 e. The topological polar surface area (TPSA) is 59.2 Å². The highest BCUT2D eigenvalue weighted by Crippen LogP contribution is 2.32. The Morgan fingerprint density at radius 3 is 3.25 bits per heavy atom. The molecule has 2 amide bonds. The number of nitrogens with zero attached hydrogens (tertiary/aromatic N) is 2. The molecule has 0 radical (unpaired) electrons. The second kappa shape index (κ2) is 2.67. The molecule has 4 nitrogen and oxygen atoms in total. The van der Waals surface area contributed by atoms with Crippen LogP contribution in [0.25, 0.3) is 0 Å². The fraction of sp³-hybridized carbons (Fsp3) is 0.143. The Bertz CT molecular complexity index is 303. The van der Waals surface area contributed by atoms with E-state index in [0.29, 0.717) is 6.54 Å². The first kappa shape index (κ1) is 7.42. The van der Waals surface area contributed by atoms with Crippen molar-refractivity contribution < 1.29 is 4.79 Å². The smallest absolute Gasteiger partial charge is 0.325 e. The lowest BCUT2D eigenvalue weighted by Crippen LogP contribution is -2.26. The highest BCUT2D eigenvalue weighted by Gasteiger charge is 2.23. The van der Waals surface area contributed by atoms with Gasteiger partial charge in [0.05, 0.1) is 6.54 Å². The van der Waals surface area contributed by atoms with E-state index in [2.05, 4.69) is 4.98 Å². The number of aromatic nitrogens is 1. The average molecular weight is 181 g/mol. The molecule has 0 atom stereocenters. The van der Waals surface area contributed by atoms with E-state index in [1.165, 1.54) is 16.3 Å².